The highest BCUT2D eigenvalue weighted by Gasteiger charge is 2.33. The van der Waals surface area contributed by atoms with E-state index in [4.69, 9.17) is 4.98 Å². The average Bonchev–Trinajstić information content (AvgIpc) is 3.00. The van der Waals surface area contributed by atoms with Crippen molar-refractivity contribution in [2.75, 3.05) is 0 Å². The van der Waals surface area contributed by atoms with E-state index >= 15 is 0 Å². The van der Waals surface area contributed by atoms with E-state index in [-0.39, 0.29) is 11.7 Å². The molecule has 0 N–H and O–H groups in total. The molecule has 26 heavy (non-hydrogen) atoms. The third-order valence-electron chi connectivity index (χ3n) is 6.07. The van der Waals surface area contributed by atoms with Gasteiger partial charge in [-0.1, -0.05) is 69.0 Å². The molecule has 1 heterocycles. The summed E-state index contributed by atoms with van der Waals surface area (Å²) in [7, 11) is 0. The van der Waals surface area contributed by atoms with Gasteiger partial charge in [0.1, 0.15) is 11.6 Å². The number of hydrogen-bond donors (Lipinski definition) is 0. The topological polar surface area (TPSA) is 34.9 Å². The zero-order valence-electron chi connectivity index (χ0n) is 15.7. The van der Waals surface area contributed by atoms with Crippen molar-refractivity contribution < 1.29 is 4.79 Å². The van der Waals surface area contributed by atoms with Gasteiger partial charge in [0.25, 0.3) is 0 Å². The molecule has 4 rings (SSSR count). The molecule has 1 aromatic carbocycles. The summed E-state index contributed by atoms with van der Waals surface area (Å²) in [5.41, 5.74) is 4.27. The fourth-order valence-corrected chi connectivity index (χ4v) is 4.53. The molecule has 0 aliphatic heterocycles. The molecule has 2 aliphatic carbocycles. The maximum absolute atomic E-state index is 12.3. The second-order valence-electron chi connectivity index (χ2n) is 8.01. The smallest absolute Gasteiger partial charge is 0.146 e. The number of carbonyl (C=O) groups excluding carboxylic acids is 1. The highest BCUT2D eigenvalue weighted by molar-refractivity contribution is 5.97. The number of allylic oxidation sites excluding steroid dienone is 1. The van der Waals surface area contributed by atoms with Crippen molar-refractivity contribution in [3.63, 3.8) is 0 Å². The Morgan fingerprint density at radius 3 is 2.62 bits per heavy atom. The molecule has 3 heteroatoms. The van der Waals surface area contributed by atoms with Gasteiger partial charge >= 0.3 is 0 Å². The molecule has 2 aromatic rings. The van der Waals surface area contributed by atoms with Crippen molar-refractivity contribution in [3.8, 4) is 0 Å². The number of nitrogens with zero attached hydrogens (tertiary/aromatic N) is 2. The number of ketones is 1. The molecule has 1 fully saturated rings. The highest BCUT2D eigenvalue weighted by Crippen LogP contribution is 2.37. The molecule has 2 aliphatic rings. The number of benzene rings is 1. The number of aromatic nitrogens is 2. The molecule has 1 aromatic heterocycles. The first-order valence-electron chi connectivity index (χ1n) is 9.97. The second kappa shape index (κ2) is 7.22. The normalized spacial score (nSPS) is 21.0. The number of Topliss-reactive ketones (excluding diaryl/α,β-unsaturated/α-hetero) is 1. The van der Waals surface area contributed by atoms with Crippen LogP contribution in [0.25, 0.3) is 5.57 Å². The first kappa shape index (κ1) is 17.3. The molecule has 0 spiro atoms. The van der Waals surface area contributed by atoms with Crippen LogP contribution >= 0.6 is 0 Å². The van der Waals surface area contributed by atoms with Gasteiger partial charge in [-0.25, -0.2) is 4.98 Å². The Labute approximate surface area is 156 Å². The van der Waals surface area contributed by atoms with E-state index in [0.29, 0.717) is 6.42 Å². The van der Waals surface area contributed by atoms with Crippen LogP contribution in [0, 0.1) is 5.92 Å². The lowest BCUT2D eigenvalue weighted by Crippen LogP contribution is -2.19. The lowest BCUT2D eigenvalue weighted by atomic mass is 9.87. The van der Waals surface area contributed by atoms with Gasteiger partial charge in [0, 0.05) is 19.4 Å². The summed E-state index contributed by atoms with van der Waals surface area (Å²) in [6.07, 6.45) is 8.13. The van der Waals surface area contributed by atoms with Gasteiger partial charge in [-0.2, -0.15) is 0 Å². The number of fused-ring (bicyclic) bond motifs is 1. The minimum absolute atomic E-state index is 0.113. The third-order valence-corrected chi connectivity index (χ3v) is 6.07. The van der Waals surface area contributed by atoms with Crippen LogP contribution in [0.15, 0.2) is 36.9 Å². The zero-order chi connectivity index (χ0) is 18.1. The van der Waals surface area contributed by atoms with E-state index in [2.05, 4.69) is 41.5 Å². The quantitative estimate of drug-likeness (QED) is 0.766. The van der Waals surface area contributed by atoms with Gasteiger partial charge in [-0.05, 0) is 24.0 Å². The zero-order valence-corrected chi connectivity index (χ0v) is 15.7. The van der Waals surface area contributed by atoms with Crippen LogP contribution in [0.4, 0.5) is 0 Å². The Morgan fingerprint density at radius 2 is 1.88 bits per heavy atom. The van der Waals surface area contributed by atoms with Gasteiger partial charge in [0.15, 0.2) is 0 Å². The van der Waals surface area contributed by atoms with Crippen molar-refractivity contribution >= 4 is 11.4 Å². The number of rotatable bonds is 4. The van der Waals surface area contributed by atoms with Crippen LogP contribution in [0.3, 0.4) is 0 Å². The first-order valence-corrected chi connectivity index (χ1v) is 9.97. The minimum atomic E-state index is -0.113. The molecular formula is C23H28N2O. The van der Waals surface area contributed by atoms with Gasteiger partial charge in [-0.15, -0.1) is 0 Å². The summed E-state index contributed by atoms with van der Waals surface area (Å²) in [4.78, 5) is 17.3. The monoisotopic (exact) mass is 348 g/mol. The summed E-state index contributed by atoms with van der Waals surface area (Å²) < 4.78 is 2.35. The first-order chi connectivity index (χ1) is 12.6. The summed E-state index contributed by atoms with van der Waals surface area (Å²) in [5, 5.41) is 0. The molecule has 0 radical (unpaired) electrons. The SMILES string of the molecule is C=C1CC(=O)C(C)c2nc(CC3CCCCC3)n(Cc3ccccc3)c21. The maximum Gasteiger partial charge on any atom is 0.146 e. The van der Waals surface area contributed by atoms with E-state index in [1.807, 2.05) is 6.92 Å². The van der Waals surface area contributed by atoms with Crippen LogP contribution in [0.1, 0.15) is 74.1 Å². The van der Waals surface area contributed by atoms with E-state index < -0.39 is 0 Å². The number of carbonyl (C=O) groups is 1. The van der Waals surface area contributed by atoms with Crippen molar-refractivity contribution in [1.82, 2.24) is 9.55 Å². The van der Waals surface area contributed by atoms with Crippen molar-refractivity contribution in [3.05, 3.63) is 59.7 Å². The Morgan fingerprint density at radius 1 is 1.15 bits per heavy atom. The fourth-order valence-electron chi connectivity index (χ4n) is 4.53. The predicted molar refractivity (Wildman–Crippen MR) is 105 cm³/mol. The summed E-state index contributed by atoms with van der Waals surface area (Å²) in [5.74, 6) is 2.00. The minimum Gasteiger partial charge on any atom is -0.324 e. The van der Waals surface area contributed by atoms with Crippen molar-refractivity contribution in [2.24, 2.45) is 5.92 Å². The van der Waals surface area contributed by atoms with Gasteiger partial charge < -0.3 is 4.57 Å². The summed E-state index contributed by atoms with van der Waals surface area (Å²) in [6.45, 7) is 7.03. The highest BCUT2D eigenvalue weighted by atomic mass is 16.1. The molecule has 0 amide bonds. The largest absolute Gasteiger partial charge is 0.324 e. The Bertz CT molecular complexity index is 812. The molecular weight excluding hydrogens is 320 g/mol. The van der Waals surface area contributed by atoms with E-state index in [1.165, 1.54) is 37.7 Å². The van der Waals surface area contributed by atoms with Gasteiger partial charge in [0.05, 0.1) is 17.3 Å². The molecule has 0 saturated heterocycles. The predicted octanol–water partition coefficient (Wildman–Crippen LogP) is 5.14. The van der Waals surface area contributed by atoms with Gasteiger partial charge in [-0.3, -0.25) is 4.79 Å². The molecule has 3 nitrogen and oxygen atoms in total. The van der Waals surface area contributed by atoms with Crippen molar-refractivity contribution in [2.45, 2.75) is 64.3 Å². The Balaban J connectivity index is 1.74. The number of hydrogen-bond acceptors (Lipinski definition) is 2. The maximum atomic E-state index is 12.3. The fraction of sp³-hybridized carbons (Fsp3) is 0.478. The lowest BCUT2D eigenvalue weighted by Gasteiger charge is -2.23. The van der Waals surface area contributed by atoms with Crippen LogP contribution in [0.5, 0.6) is 0 Å². The van der Waals surface area contributed by atoms with Crippen molar-refractivity contribution in [1.29, 1.82) is 0 Å². The van der Waals surface area contributed by atoms with E-state index in [9.17, 15) is 4.79 Å². The summed E-state index contributed by atoms with van der Waals surface area (Å²) in [6, 6.07) is 10.5. The third kappa shape index (κ3) is 3.27. The molecule has 136 valence electrons. The summed E-state index contributed by atoms with van der Waals surface area (Å²) >= 11 is 0. The average molecular weight is 348 g/mol. The van der Waals surface area contributed by atoms with Crippen LogP contribution in [-0.4, -0.2) is 15.3 Å². The van der Waals surface area contributed by atoms with E-state index in [1.54, 1.807) is 0 Å². The van der Waals surface area contributed by atoms with Crippen LogP contribution in [-0.2, 0) is 17.8 Å². The standard InChI is InChI=1S/C23H28N2O/c1-16-13-20(26)17(2)22-23(16)25(15-19-11-7-4-8-12-19)21(24-22)14-18-9-5-3-6-10-18/h4,7-8,11-12,17-18H,1,3,5-6,9-10,13-15H2,2H3. The van der Waals surface area contributed by atoms with Crippen LogP contribution < -0.4 is 0 Å². The molecule has 1 unspecified atom stereocenters. The molecule has 0 bridgehead atoms. The second-order valence-corrected chi connectivity index (χ2v) is 8.01. The van der Waals surface area contributed by atoms with Crippen LogP contribution in [0.2, 0.25) is 0 Å². The van der Waals surface area contributed by atoms with Gasteiger partial charge in [0.2, 0.25) is 0 Å². The lowest BCUT2D eigenvalue weighted by molar-refractivity contribution is -0.119. The Hall–Kier alpha value is -2.16. The molecule has 1 atom stereocenters. The molecule has 1 saturated carbocycles. The number of imidazole rings is 1. The van der Waals surface area contributed by atoms with E-state index in [0.717, 1.165) is 41.7 Å². The Kier molecular flexibility index (Phi) is 4.80.